The predicted molar refractivity (Wildman–Crippen MR) is 98.4 cm³/mol. The molecule has 0 aliphatic carbocycles. The van der Waals surface area contributed by atoms with Crippen molar-refractivity contribution in [1.29, 1.82) is 0 Å². The molecule has 6 heteroatoms. The van der Waals surface area contributed by atoms with Crippen LogP contribution in [0.3, 0.4) is 0 Å². The van der Waals surface area contributed by atoms with Gasteiger partial charge < -0.3 is 5.11 Å². The number of allylic oxidation sites excluding steroid dienone is 2. The molecule has 1 heterocycles. The van der Waals surface area contributed by atoms with E-state index < -0.39 is 24.3 Å². The molecule has 0 fully saturated rings. The molecular formula is C20H14ClNO4. The fourth-order valence-corrected chi connectivity index (χ4v) is 2.94. The second kappa shape index (κ2) is 7.37. The summed E-state index contributed by atoms with van der Waals surface area (Å²) in [7, 11) is 0. The molecule has 5 nitrogen and oxygen atoms in total. The predicted octanol–water partition coefficient (Wildman–Crippen LogP) is 3.42. The first kappa shape index (κ1) is 17.6. The van der Waals surface area contributed by atoms with Crippen molar-refractivity contribution in [1.82, 2.24) is 4.90 Å². The van der Waals surface area contributed by atoms with Crippen molar-refractivity contribution in [2.75, 3.05) is 6.54 Å². The second-order valence-electron chi connectivity index (χ2n) is 5.63. The van der Waals surface area contributed by atoms with Crippen molar-refractivity contribution >= 4 is 41.0 Å². The summed E-state index contributed by atoms with van der Waals surface area (Å²) in [5.74, 6) is -2.58. The van der Waals surface area contributed by atoms with Crippen molar-refractivity contribution in [3.8, 4) is 0 Å². The molecule has 1 N–H and O–H groups in total. The average Bonchev–Trinajstić information content (AvgIpc) is 2.63. The number of benzene rings is 2. The van der Waals surface area contributed by atoms with E-state index in [1.54, 1.807) is 30.3 Å². The van der Waals surface area contributed by atoms with Gasteiger partial charge in [-0.1, -0.05) is 60.1 Å². The van der Waals surface area contributed by atoms with E-state index in [1.807, 2.05) is 30.3 Å². The zero-order valence-corrected chi connectivity index (χ0v) is 14.3. The van der Waals surface area contributed by atoms with E-state index in [9.17, 15) is 14.4 Å². The highest BCUT2D eigenvalue weighted by Crippen LogP contribution is 2.30. The number of amides is 2. The normalized spacial score (nSPS) is 16.0. The van der Waals surface area contributed by atoms with Gasteiger partial charge in [-0.15, -0.1) is 0 Å². The smallest absolute Gasteiger partial charge is 0.323 e. The highest BCUT2D eigenvalue weighted by molar-refractivity contribution is 6.37. The van der Waals surface area contributed by atoms with Crippen LogP contribution in [0.15, 0.2) is 65.7 Å². The van der Waals surface area contributed by atoms with E-state index >= 15 is 0 Å². The monoisotopic (exact) mass is 367 g/mol. The van der Waals surface area contributed by atoms with Crippen molar-refractivity contribution in [3.05, 3.63) is 82.4 Å². The van der Waals surface area contributed by atoms with Gasteiger partial charge >= 0.3 is 5.97 Å². The molecule has 26 heavy (non-hydrogen) atoms. The SMILES string of the molecule is O=C(O)CN1C(=O)C(=C/C(Cl)=C/c2ccccc2)c2ccccc2C1=O. The Kier molecular flexibility index (Phi) is 5.00. The third-order valence-corrected chi connectivity index (χ3v) is 4.07. The Morgan fingerprint density at radius 1 is 0.962 bits per heavy atom. The number of hydrogen-bond donors (Lipinski definition) is 1. The number of carboxylic acid groups (broad SMARTS) is 1. The molecule has 0 aromatic heterocycles. The number of carbonyl (C=O) groups is 3. The van der Waals surface area contributed by atoms with Gasteiger partial charge in [0.2, 0.25) is 0 Å². The van der Waals surface area contributed by atoms with Crippen molar-refractivity contribution in [2.45, 2.75) is 0 Å². The third-order valence-electron chi connectivity index (χ3n) is 3.85. The highest BCUT2D eigenvalue weighted by Gasteiger charge is 2.35. The third kappa shape index (κ3) is 3.58. The zero-order chi connectivity index (χ0) is 18.7. The van der Waals surface area contributed by atoms with Gasteiger partial charge in [0.1, 0.15) is 6.54 Å². The van der Waals surface area contributed by atoms with Crippen LogP contribution in [0.5, 0.6) is 0 Å². The van der Waals surface area contributed by atoms with Gasteiger partial charge in [0.15, 0.2) is 0 Å². The van der Waals surface area contributed by atoms with Gasteiger partial charge in [0.05, 0.1) is 0 Å². The molecule has 130 valence electrons. The van der Waals surface area contributed by atoms with Gasteiger partial charge in [-0.05, 0) is 29.3 Å². The lowest BCUT2D eigenvalue weighted by atomic mass is 9.93. The highest BCUT2D eigenvalue weighted by atomic mass is 35.5. The topological polar surface area (TPSA) is 74.7 Å². The standard InChI is InChI=1S/C20H14ClNO4/c21-14(10-13-6-2-1-3-7-13)11-17-15-8-4-5-9-16(15)19(25)22(20(17)26)12-18(23)24/h1-11H,12H2,(H,23,24)/b14-10-,17-11?. The number of nitrogens with zero attached hydrogens (tertiary/aromatic N) is 1. The van der Waals surface area contributed by atoms with Crippen LogP contribution in [0.25, 0.3) is 11.6 Å². The largest absolute Gasteiger partial charge is 0.480 e. The van der Waals surface area contributed by atoms with Gasteiger partial charge in [0.25, 0.3) is 11.8 Å². The van der Waals surface area contributed by atoms with Crippen molar-refractivity contribution in [2.24, 2.45) is 0 Å². The first-order valence-corrected chi connectivity index (χ1v) is 8.16. The molecule has 2 aromatic carbocycles. The van der Waals surface area contributed by atoms with Crippen LogP contribution in [-0.4, -0.2) is 34.3 Å². The maximum absolute atomic E-state index is 12.7. The van der Waals surface area contributed by atoms with E-state index in [0.29, 0.717) is 15.5 Å². The first-order chi connectivity index (χ1) is 12.5. The lowest BCUT2D eigenvalue weighted by Gasteiger charge is -2.27. The molecule has 0 saturated heterocycles. The van der Waals surface area contributed by atoms with E-state index in [4.69, 9.17) is 16.7 Å². The molecule has 0 saturated carbocycles. The van der Waals surface area contributed by atoms with Crippen molar-refractivity contribution in [3.63, 3.8) is 0 Å². The minimum absolute atomic E-state index is 0.179. The van der Waals surface area contributed by atoms with Crippen LogP contribution in [-0.2, 0) is 9.59 Å². The van der Waals surface area contributed by atoms with E-state index in [0.717, 1.165) is 5.56 Å². The summed E-state index contributed by atoms with van der Waals surface area (Å²) in [5.41, 5.74) is 1.73. The van der Waals surface area contributed by atoms with Crippen LogP contribution >= 0.6 is 11.6 Å². The molecular weight excluding hydrogens is 354 g/mol. The number of carboxylic acids is 1. The summed E-state index contributed by atoms with van der Waals surface area (Å²) >= 11 is 6.28. The van der Waals surface area contributed by atoms with Crippen molar-refractivity contribution < 1.29 is 19.5 Å². The number of halogens is 1. The fraction of sp³-hybridized carbons (Fsp3) is 0.0500. The Morgan fingerprint density at radius 2 is 1.58 bits per heavy atom. The van der Waals surface area contributed by atoms with E-state index in [-0.39, 0.29) is 11.1 Å². The number of carbonyl (C=O) groups excluding carboxylic acids is 2. The van der Waals surface area contributed by atoms with Crippen LogP contribution in [0.2, 0.25) is 0 Å². The molecule has 0 unspecified atom stereocenters. The number of fused-ring (bicyclic) bond motifs is 1. The molecule has 0 bridgehead atoms. The van der Waals surface area contributed by atoms with E-state index in [2.05, 4.69) is 0 Å². The molecule has 0 spiro atoms. The number of hydrogen-bond acceptors (Lipinski definition) is 3. The minimum Gasteiger partial charge on any atom is -0.480 e. The Labute approximate surface area is 154 Å². The average molecular weight is 368 g/mol. The number of rotatable bonds is 4. The summed E-state index contributed by atoms with van der Waals surface area (Å²) in [6.45, 7) is -0.705. The van der Waals surface area contributed by atoms with Gasteiger partial charge in [0, 0.05) is 16.2 Å². The Bertz CT molecular complexity index is 947. The molecule has 0 atom stereocenters. The molecule has 1 aliphatic rings. The second-order valence-corrected chi connectivity index (χ2v) is 6.07. The van der Waals surface area contributed by atoms with Crippen LogP contribution in [0.1, 0.15) is 21.5 Å². The summed E-state index contributed by atoms with van der Waals surface area (Å²) in [4.78, 5) is 36.9. The summed E-state index contributed by atoms with van der Waals surface area (Å²) < 4.78 is 0. The molecule has 1 aliphatic heterocycles. The maximum atomic E-state index is 12.7. The first-order valence-electron chi connectivity index (χ1n) is 7.78. The Morgan fingerprint density at radius 3 is 2.23 bits per heavy atom. The van der Waals surface area contributed by atoms with Crippen LogP contribution in [0, 0.1) is 0 Å². The quantitative estimate of drug-likeness (QED) is 0.663. The summed E-state index contributed by atoms with van der Waals surface area (Å²) in [6, 6.07) is 15.9. The van der Waals surface area contributed by atoms with Gasteiger partial charge in [-0.3, -0.25) is 19.3 Å². The molecule has 2 aromatic rings. The van der Waals surface area contributed by atoms with Crippen LogP contribution in [0.4, 0.5) is 0 Å². The summed E-state index contributed by atoms with van der Waals surface area (Å²) in [6.07, 6.45) is 3.14. The Hall–Kier alpha value is -3.18. The summed E-state index contributed by atoms with van der Waals surface area (Å²) in [5, 5.41) is 9.30. The zero-order valence-electron chi connectivity index (χ0n) is 13.6. The molecule has 3 rings (SSSR count). The minimum atomic E-state index is -1.27. The maximum Gasteiger partial charge on any atom is 0.323 e. The lowest BCUT2D eigenvalue weighted by Crippen LogP contribution is -2.44. The van der Waals surface area contributed by atoms with Crippen LogP contribution < -0.4 is 0 Å². The fourth-order valence-electron chi connectivity index (χ4n) is 2.71. The number of imide groups is 1. The number of aliphatic carboxylic acids is 1. The molecule has 2 amide bonds. The van der Waals surface area contributed by atoms with E-state index in [1.165, 1.54) is 6.08 Å². The lowest BCUT2D eigenvalue weighted by molar-refractivity contribution is -0.141. The van der Waals surface area contributed by atoms with Gasteiger partial charge in [-0.2, -0.15) is 0 Å². The van der Waals surface area contributed by atoms with Gasteiger partial charge in [-0.25, -0.2) is 0 Å². The Balaban J connectivity index is 2.08. The molecule has 0 radical (unpaired) electrons.